The summed E-state index contributed by atoms with van der Waals surface area (Å²) in [6.07, 6.45) is -4.24. The molecule has 9 heteroatoms. The summed E-state index contributed by atoms with van der Waals surface area (Å²) in [5.74, 6) is -3.19. The number of aldehydes is 1. The number of Topliss-reactive ketones (excluding diaryl/α,β-unsaturated/α-hetero) is 1. The van der Waals surface area contributed by atoms with Crippen LogP contribution in [0.3, 0.4) is 0 Å². The average molecular weight is 380 g/mol. The van der Waals surface area contributed by atoms with Crippen LogP contribution in [0.4, 0.5) is 18.9 Å². The Morgan fingerprint density at radius 2 is 2.07 bits per heavy atom. The van der Waals surface area contributed by atoms with Crippen molar-refractivity contribution in [2.45, 2.75) is 37.6 Å². The van der Waals surface area contributed by atoms with Crippen LogP contribution in [0.25, 0.3) is 0 Å². The molecule has 2 bridgehead atoms. The second-order valence-corrected chi connectivity index (χ2v) is 7.12. The van der Waals surface area contributed by atoms with Crippen LogP contribution in [0, 0.1) is 23.2 Å². The van der Waals surface area contributed by atoms with Crippen molar-refractivity contribution in [2.75, 3.05) is 5.32 Å². The van der Waals surface area contributed by atoms with Crippen LogP contribution in [0.15, 0.2) is 18.2 Å². The van der Waals surface area contributed by atoms with Crippen molar-refractivity contribution in [1.82, 2.24) is 0 Å². The lowest BCUT2D eigenvalue weighted by molar-refractivity contribution is -0.140. The lowest BCUT2D eigenvalue weighted by Gasteiger charge is -2.31. The monoisotopic (exact) mass is 380 g/mol. The molecule has 3 rings (SSSR count). The molecule has 142 valence electrons. The van der Waals surface area contributed by atoms with Gasteiger partial charge in [0, 0.05) is 12.1 Å². The van der Waals surface area contributed by atoms with E-state index >= 15 is 0 Å². The second-order valence-electron chi connectivity index (χ2n) is 7.12. The molecule has 2 fully saturated rings. The van der Waals surface area contributed by atoms with E-state index in [2.05, 4.69) is 5.32 Å². The zero-order valence-electron chi connectivity index (χ0n) is 14.4. The van der Waals surface area contributed by atoms with E-state index in [9.17, 15) is 27.6 Å². The standard InChI is InChI=1S/C18H15F3N2O4/c1-16-6-13(25)17(2,27-16)14(12(16)8-24)15(26)23-10-4-3-9(7-22)11(5-10)18(19,20)21/h3-5,8,12,14H,6H2,1-2H3,(H,23,26)/t12-,14-,16?,17?/m0/s1. The number of nitrogens with zero attached hydrogens (tertiary/aromatic N) is 1. The molecule has 0 radical (unpaired) electrons. The number of nitrogens with one attached hydrogen (secondary N) is 1. The maximum absolute atomic E-state index is 13.1. The highest BCUT2D eigenvalue weighted by Crippen LogP contribution is 2.55. The topological polar surface area (TPSA) is 96.3 Å². The lowest BCUT2D eigenvalue weighted by Crippen LogP contribution is -2.50. The molecule has 0 spiro atoms. The molecule has 1 N–H and O–H groups in total. The highest BCUT2D eigenvalue weighted by molar-refractivity contribution is 6.04. The fraction of sp³-hybridized carbons (Fsp3) is 0.444. The van der Waals surface area contributed by atoms with Crippen LogP contribution in [0.2, 0.25) is 0 Å². The van der Waals surface area contributed by atoms with Gasteiger partial charge in [-0.25, -0.2) is 0 Å². The third-order valence-corrected chi connectivity index (χ3v) is 5.31. The van der Waals surface area contributed by atoms with Gasteiger partial charge in [-0.1, -0.05) is 0 Å². The molecule has 1 aromatic carbocycles. The van der Waals surface area contributed by atoms with Crippen molar-refractivity contribution in [3.05, 3.63) is 29.3 Å². The number of ketones is 1. The number of benzene rings is 1. The van der Waals surface area contributed by atoms with E-state index in [1.165, 1.54) is 13.0 Å². The molecule has 6 nitrogen and oxygen atoms in total. The maximum atomic E-state index is 13.1. The first kappa shape index (κ1) is 19.0. The maximum Gasteiger partial charge on any atom is 0.417 e. The molecule has 1 aromatic rings. The Bertz CT molecular complexity index is 892. The summed E-state index contributed by atoms with van der Waals surface area (Å²) in [7, 11) is 0. The van der Waals surface area contributed by atoms with Gasteiger partial charge in [-0.3, -0.25) is 9.59 Å². The van der Waals surface area contributed by atoms with Gasteiger partial charge in [0.25, 0.3) is 0 Å². The van der Waals surface area contributed by atoms with Crippen molar-refractivity contribution in [3.63, 3.8) is 0 Å². The molecule has 4 atom stereocenters. The number of hydrogen-bond acceptors (Lipinski definition) is 5. The minimum absolute atomic E-state index is 0.00816. The minimum Gasteiger partial charge on any atom is -0.359 e. The number of rotatable bonds is 3. The fourth-order valence-electron chi connectivity index (χ4n) is 4.00. The fourth-order valence-corrected chi connectivity index (χ4v) is 4.00. The zero-order chi connectivity index (χ0) is 20.2. The number of alkyl halides is 3. The van der Waals surface area contributed by atoms with E-state index < -0.39 is 46.2 Å². The van der Waals surface area contributed by atoms with Gasteiger partial charge in [-0.05, 0) is 32.0 Å². The SMILES string of the molecule is CC12CC(=O)C(C)(O1)[C@H](C(=O)Nc1ccc(C#N)c(C(F)(F)F)c1)[C@@H]2C=O. The molecule has 2 unspecified atom stereocenters. The molecule has 1 amide bonds. The first-order chi connectivity index (χ1) is 12.5. The molecule has 0 aromatic heterocycles. The number of amides is 1. The molecule has 27 heavy (non-hydrogen) atoms. The van der Waals surface area contributed by atoms with E-state index in [1.54, 1.807) is 6.92 Å². The lowest BCUT2D eigenvalue weighted by atomic mass is 9.67. The number of anilines is 1. The number of nitriles is 1. The molecular weight excluding hydrogens is 365 g/mol. The molecule has 2 saturated heterocycles. The largest absolute Gasteiger partial charge is 0.417 e. The van der Waals surface area contributed by atoms with E-state index in [0.717, 1.165) is 12.1 Å². The predicted molar refractivity (Wildman–Crippen MR) is 85.4 cm³/mol. The van der Waals surface area contributed by atoms with Crippen LogP contribution in [0.5, 0.6) is 0 Å². The van der Waals surface area contributed by atoms with Gasteiger partial charge < -0.3 is 14.8 Å². The Morgan fingerprint density at radius 3 is 2.63 bits per heavy atom. The van der Waals surface area contributed by atoms with Crippen molar-refractivity contribution >= 4 is 23.7 Å². The number of carbonyl (C=O) groups is 3. The number of carbonyl (C=O) groups excluding carboxylic acids is 3. The second kappa shape index (κ2) is 5.89. The Balaban J connectivity index is 1.93. The quantitative estimate of drug-likeness (QED) is 0.813. The summed E-state index contributed by atoms with van der Waals surface area (Å²) in [5, 5.41) is 11.1. The van der Waals surface area contributed by atoms with Crippen LogP contribution >= 0.6 is 0 Å². The van der Waals surface area contributed by atoms with Crippen molar-refractivity contribution < 1.29 is 32.3 Å². The van der Waals surface area contributed by atoms with Crippen molar-refractivity contribution in [2.24, 2.45) is 11.8 Å². The Kier molecular flexibility index (Phi) is 4.15. The minimum atomic E-state index is -4.78. The number of ether oxygens (including phenoxy) is 1. The van der Waals surface area contributed by atoms with Gasteiger partial charge in [0.2, 0.25) is 5.91 Å². The molecule has 2 aliphatic heterocycles. The summed E-state index contributed by atoms with van der Waals surface area (Å²) in [5.41, 5.74) is -4.58. The summed E-state index contributed by atoms with van der Waals surface area (Å²) >= 11 is 0. The van der Waals surface area contributed by atoms with Crippen LogP contribution in [0.1, 0.15) is 31.4 Å². The first-order valence-corrected chi connectivity index (χ1v) is 8.07. The summed E-state index contributed by atoms with van der Waals surface area (Å²) in [4.78, 5) is 36.5. The average Bonchev–Trinajstić information content (AvgIpc) is 2.95. The highest BCUT2D eigenvalue weighted by Gasteiger charge is 2.69. The molecule has 2 aliphatic rings. The van der Waals surface area contributed by atoms with Gasteiger partial charge in [-0.2, -0.15) is 18.4 Å². The highest BCUT2D eigenvalue weighted by atomic mass is 19.4. The molecule has 0 aliphatic carbocycles. The summed E-state index contributed by atoms with van der Waals surface area (Å²) < 4.78 is 44.9. The number of fused-ring (bicyclic) bond motifs is 2. The van der Waals surface area contributed by atoms with Gasteiger partial charge >= 0.3 is 6.18 Å². The van der Waals surface area contributed by atoms with Crippen LogP contribution < -0.4 is 5.32 Å². The van der Waals surface area contributed by atoms with Crippen LogP contribution in [-0.4, -0.2) is 29.2 Å². The summed E-state index contributed by atoms with van der Waals surface area (Å²) in [6, 6.07) is 4.19. The van der Waals surface area contributed by atoms with E-state index in [0.29, 0.717) is 12.4 Å². The van der Waals surface area contributed by atoms with Gasteiger partial charge in [-0.15, -0.1) is 0 Å². The number of hydrogen-bond donors (Lipinski definition) is 1. The molecule has 2 heterocycles. The Labute approximate surface area is 152 Å². The third kappa shape index (κ3) is 2.80. The van der Waals surface area contributed by atoms with Gasteiger partial charge in [0.05, 0.1) is 34.6 Å². The third-order valence-electron chi connectivity index (χ3n) is 5.31. The van der Waals surface area contributed by atoms with Gasteiger partial charge in [0.1, 0.15) is 11.9 Å². The normalized spacial score (nSPS) is 32.2. The van der Waals surface area contributed by atoms with Crippen molar-refractivity contribution in [1.29, 1.82) is 5.26 Å². The van der Waals surface area contributed by atoms with E-state index in [-0.39, 0.29) is 17.9 Å². The molecular formula is C18H15F3N2O4. The van der Waals surface area contributed by atoms with Crippen molar-refractivity contribution in [3.8, 4) is 6.07 Å². The van der Waals surface area contributed by atoms with E-state index in [4.69, 9.17) is 10.00 Å². The first-order valence-electron chi connectivity index (χ1n) is 8.07. The number of halogens is 3. The predicted octanol–water partition coefficient (Wildman–Crippen LogP) is 2.47. The Hall–Kier alpha value is -2.73. The zero-order valence-corrected chi connectivity index (χ0v) is 14.4. The Morgan fingerprint density at radius 1 is 1.41 bits per heavy atom. The van der Waals surface area contributed by atoms with E-state index in [1.807, 2.05) is 0 Å². The van der Waals surface area contributed by atoms with Crippen LogP contribution in [-0.2, 0) is 25.3 Å². The summed E-state index contributed by atoms with van der Waals surface area (Å²) in [6.45, 7) is 2.97. The molecule has 0 saturated carbocycles. The van der Waals surface area contributed by atoms with Gasteiger partial charge in [0.15, 0.2) is 5.78 Å². The smallest absolute Gasteiger partial charge is 0.359 e.